The van der Waals surface area contributed by atoms with E-state index in [-0.39, 0.29) is 6.54 Å². The summed E-state index contributed by atoms with van der Waals surface area (Å²) in [7, 11) is 4.11. The molecule has 110 valence electrons. The Kier molecular flexibility index (Phi) is 5.92. The van der Waals surface area contributed by atoms with Gasteiger partial charge in [0.15, 0.2) is 0 Å². The Morgan fingerprint density at radius 1 is 1.15 bits per heavy atom. The quantitative estimate of drug-likeness (QED) is 0.864. The predicted molar refractivity (Wildman–Crippen MR) is 73.6 cm³/mol. The number of alkyl carbamates (subject to hydrolysis) is 1. The third-order valence-electron chi connectivity index (χ3n) is 2.33. The van der Waals surface area contributed by atoms with Crippen LogP contribution in [0.2, 0.25) is 5.02 Å². The summed E-state index contributed by atoms with van der Waals surface area (Å²) in [4.78, 5) is 22.5. The van der Waals surface area contributed by atoms with Gasteiger partial charge in [0.25, 0.3) is 0 Å². The van der Waals surface area contributed by atoms with E-state index in [4.69, 9.17) is 21.1 Å². The van der Waals surface area contributed by atoms with Crippen LogP contribution in [0.1, 0.15) is 0 Å². The first kappa shape index (κ1) is 15.9. The van der Waals surface area contributed by atoms with Crippen molar-refractivity contribution in [3.05, 3.63) is 17.2 Å². The van der Waals surface area contributed by atoms with Crippen molar-refractivity contribution in [1.29, 1.82) is 0 Å². The average Bonchev–Trinajstić information content (AvgIpc) is 2.45. The lowest BCUT2D eigenvalue weighted by atomic mass is 10.2. The molecule has 8 heteroatoms. The second-order valence-corrected chi connectivity index (χ2v) is 3.99. The highest BCUT2D eigenvalue weighted by Gasteiger charge is 2.13. The van der Waals surface area contributed by atoms with Crippen molar-refractivity contribution in [2.75, 3.05) is 33.2 Å². The highest BCUT2D eigenvalue weighted by atomic mass is 35.5. The number of carbonyl (C=O) groups excluding carboxylic acids is 2. The molecule has 0 unspecified atom stereocenters. The maximum absolute atomic E-state index is 11.7. The van der Waals surface area contributed by atoms with Crippen molar-refractivity contribution in [3.8, 4) is 11.5 Å². The van der Waals surface area contributed by atoms with Gasteiger partial charge in [-0.15, -0.1) is 0 Å². The minimum atomic E-state index is -0.694. The zero-order valence-corrected chi connectivity index (χ0v) is 12.0. The molecule has 0 aromatic heterocycles. The summed E-state index contributed by atoms with van der Waals surface area (Å²) in [5.74, 6) is 0.323. The van der Waals surface area contributed by atoms with Crippen LogP contribution in [0.25, 0.3) is 0 Å². The molecule has 0 heterocycles. The summed E-state index contributed by atoms with van der Waals surface area (Å²) < 4.78 is 14.5. The molecule has 0 aliphatic heterocycles. The molecule has 0 aliphatic rings. The van der Waals surface area contributed by atoms with Crippen LogP contribution in [-0.2, 0) is 9.53 Å². The van der Waals surface area contributed by atoms with E-state index in [1.165, 1.54) is 33.5 Å². The minimum absolute atomic E-state index is 0.235. The Morgan fingerprint density at radius 3 is 2.35 bits per heavy atom. The number of methoxy groups -OCH3 is 3. The minimum Gasteiger partial charge on any atom is -0.495 e. The Labute approximate surface area is 121 Å². The van der Waals surface area contributed by atoms with E-state index in [1.54, 1.807) is 0 Å². The third kappa shape index (κ3) is 4.20. The molecule has 0 fully saturated rings. The highest BCUT2D eigenvalue weighted by molar-refractivity contribution is 6.32. The van der Waals surface area contributed by atoms with Crippen molar-refractivity contribution in [3.63, 3.8) is 0 Å². The van der Waals surface area contributed by atoms with Gasteiger partial charge in [-0.3, -0.25) is 4.79 Å². The molecule has 0 spiro atoms. The average molecular weight is 303 g/mol. The van der Waals surface area contributed by atoms with E-state index in [9.17, 15) is 9.59 Å². The number of carbonyl (C=O) groups is 2. The molecule has 0 saturated heterocycles. The summed E-state index contributed by atoms with van der Waals surface area (Å²) in [5.41, 5.74) is 0.380. The van der Waals surface area contributed by atoms with Crippen molar-refractivity contribution in [2.45, 2.75) is 0 Å². The fourth-order valence-electron chi connectivity index (χ4n) is 1.38. The van der Waals surface area contributed by atoms with E-state index in [1.807, 2.05) is 0 Å². The zero-order chi connectivity index (χ0) is 15.1. The first-order valence-corrected chi connectivity index (χ1v) is 5.92. The molecular weight excluding hydrogens is 288 g/mol. The molecule has 0 radical (unpaired) electrons. The Balaban J connectivity index is 2.80. The van der Waals surface area contributed by atoms with E-state index in [0.29, 0.717) is 22.2 Å². The van der Waals surface area contributed by atoms with E-state index in [2.05, 4.69) is 15.4 Å². The van der Waals surface area contributed by atoms with Crippen molar-refractivity contribution >= 4 is 29.3 Å². The highest BCUT2D eigenvalue weighted by Crippen LogP contribution is 2.35. The molecule has 0 bridgehead atoms. The first-order valence-electron chi connectivity index (χ1n) is 5.55. The standard InChI is InChI=1S/C12H15ClN2O5/c1-18-9-5-8(10(19-2)4-7(9)13)15-11(16)6-14-12(17)20-3/h4-5H,6H2,1-3H3,(H,14,17)(H,15,16). The monoisotopic (exact) mass is 302 g/mol. The van der Waals surface area contributed by atoms with Crippen molar-refractivity contribution in [1.82, 2.24) is 5.32 Å². The smallest absolute Gasteiger partial charge is 0.407 e. The largest absolute Gasteiger partial charge is 0.495 e. The van der Waals surface area contributed by atoms with Gasteiger partial charge >= 0.3 is 6.09 Å². The van der Waals surface area contributed by atoms with Crippen LogP contribution in [0.3, 0.4) is 0 Å². The summed E-state index contributed by atoms with van der Waals surface area (Å²) in [6.07, 6.45) is -0.694. The lowest BCUT2D eigenvalue weighted by Gasteiger charge is -2.13. The number of hydrogen-bond donors (Lipinski definition) is 2. The van der Waals surface area contributed by atoms with Gasteiger partial charge in [-0.05, 0) is 0 Å². The Hall–Kier alpha value is -2.15. The van der Waals surface area contributed by atoms with Crippen LogP contribution < -0.4 is 20.1 Å². The fraction of sp³-hybridized carbons (Fsp3) is 0.333. The van der Waals surface area contributed by atoms with Crippen LogP contribution in [0.15, 0.2) is 12.1 Å². The fourth-order valence-corrected chi connectivity index (χ4v) is 1.61. The van der Waals surface area contributed by atoms with Gasteiger partial charge in [0.2, 0.25) is 5.91 Å². The lowest BCUT2D eigenvalue weighted by molar-refractivity contribution is -0.115. The Bertz CT molecular complexity index is 507. The maximum Gasteiger partial charge on any atom is 0.407 e. The van der Waals surface area contributed by atoms with Crippen LogP contribution in [0.5, 0.6) is 11.5 Å². The first-order chi connectivity index (χ1) is 9.51. The summed E-state index contributed by atoms with van der Waals surface area (Å²) in [6.45, 7) is -0.235. The van der Waals surface area contributed by atoms with Gasteiger partial charge < -0.3 is 24.8 Å². The van der Waals surface area contributed by atoms with Crippen molar-refractivity contribution in [2.24, 2.45) is 0 Å². The number of anilines is 1. The molecule has 0 aliphatic carbocycles. The van der Waals surface area contributed by atoms with Gasteiger partial charge in [-0.1, -0.05) is 11.6 Å². The van der Waals surface area contributed by atoms with Crippen LogP contribution in [0, 0.1) is 0 Å². The van der Waals surface area contributed by atoms with Gasteiger partial charge in [-0.2, -0.15) is 0 Å². The summed E-state index contributed by atoms with van der Waals surface area (Å²) >= 11 is 5.95. The second kappa shape index (κ2) is 7.44. The lowest BCUT2D eigenvalue weighted by Crippen LogP contribution is -2.32. The number of hydrogen-bond acceptors (Lipinski definition) is 5. The van der Waals surface area contributed by atoms with E-state index < -0.39 is 12.0 Å². The van der Waals surface area contributed by atoms with Crippen LogP contribution in [-0.4, -0.2) is 39.9 Å². The van der Waals surface area contributed by atoms with Gasteiger partial charge in [0.05, 0.1) is 32.0 Å². The van der Waals surface area contributed by atoms with Gasteiger partial charge in [0, 0.05) is 12.1 Å². The molecule has 20 heavy (non-hydrogen) atoms. The maximum atomic E-state index is 11.7. The summed E-state index contributed by atoms with van der Waals surface area (Å²) in [5, 5.41) is 5.18. The SMILES string of the molecule is COC(=O)NCC(=O)Nc1cc(OC)c(Cl)cc1OC. The molecule has 2 N–H and O–H groups in total. The second-order valence-electron chi connectivity index (χ2n) is 3.58. The normalized spacial score (nSPS) is 9.60. The van der Waals surface area contributed by atoms with Gasteiger partial charge in [0.1, 0.15) is 18.0 Å². The summed E-state index contributed by atoms with van der Waals surface area (Å²) in [6, 6.07) is 3.04. The molecule has 1 aromatic carbocycles. The molecule has 1 aromatic rings. The number of halogens is 1. The zero-order valence-electron chi connectivity index (χ0n) is 11.3. The number of nitrogens with one attached hydrogen (secondary N) is 2. The predicted octanol–water partition coefficient (Wildman–Crippen LogP) is 1.65. The number of ether oxygens (including phenoxy) is 3. The van der Waals surface area contributed by atoms with E-state index >= 15 is 0 Å². The van der Waals surface area contributed by atoms with Crippen LogP contribution >= 0.6 is 11.6 Å². The molecule has 1 rings (SSSR count). The molecule has 2 amide bonds. The van der Waals surface area contributed by atoms with Gasteiger partial charge in [-0.25, -0.2) is 4.79 Å². The number of amides is 2. The molecular formula is C12H15ClN2O5. The topological polar surface area (TPSA) is 85.9 Å². The molecule has 0 atom stereocenters. The molecule has 7 nitrogen and oxygen atoms in total. The Morgan fingerprint density at radius 2 is 1.80 bits per heavy atom. The number of benzene rings is 1. The van der Waals surface area contributed by atoms with Crippen LogP contribution in [0.4, 0.5) is 10.5 Å². The molecule has 0 saturated carbocycles. The number of rotatable bonds is 5. The van der Waals surface area contributed by atoms with E-state index in [0.717, 1.165) is 0 Å². The third-order valence-corrected chi connectivity index (χ3v) is 2.62. The van der Waals surface area contributed by atoms with Crippen molar-refractivity contribution < 1.29 is 23.8 Å².